The fourth-order valence-corrected chi connectivity index (χ4v) is 3.77. The number of thioether (sulfide) groups is 1. The van der Waals surface area contributed by atoms with E-state index in [1.807, 2.05) is 11.8 Å². The SMILES string of the molecule is CC1CCCC(NC2=NC(C)C(C)CS2)CC1. The second-order valence-corrected chi connectivity index (χ2v) is 6.93. The summed E-state index contributed by atoms with van der Waals surface area (Å²) in [5, 5.41) is 4.89. The number of nitrogens with zero attached hydrogens (tertiary/aromatic N) is 1. The zero-order valence-corrected chi connectivity index (χ0v) is 12.2. The molecule has 1 fully saturated rings. The standard InChI is InChI=1S/C14H26N2S/c1-10-5-4-6-13(8-7-10)16-14-15-12(3)11(2)9-17-14/h10-13H,4-9H2,1-3H3,(H,15,16). The van der Waals surface area contributed by atoms with E-state index in [4.69, 9.17) is 4.99 Å². The van der Waals surface area contributed by atoms with Gasteiger partial charge in [0.2, 0.25) is 0 Å². The summed E-state index contributed by atoms with van der Waals surface area (Å²) < 4.78 is 0. The Morgan fingerprint density at radius 3 is 2.71 bits per heavy atom. The lowest BCUT2D eigenvalue weighted by molar-refractivity contribution is 0.487. The first kappa shape index (κ1) is 13.3. The van der Waals surface area contributed by atoms with Gasteiger partial charge in [-0.25, -0.2) is 0 Å². The van der Waals surface area contributed by atoms with Crippen molar-refractivity contribution < 1.29 is 0 Å². The molecule has 1 saturated carbocycles. The lowest BCUT2D eigenvalue weighted by Gasteiger charge is -2.26. The molecule has 2 aliphatic rings. The highest BCUT2D eigenvalue weighted by Gasteiger charge is 2.22. The van der Waals surface area contributed by atoms with Crippen LogP contribution in [0.2, 0.25) is 0 Å². The minimum atomic E-state index is 0.489. The number of nitrogens with one attached hydrogen (secondary N) is 1. The molecule has 0 spiro atoms. The maximum absolute atomic E-state index is 4.78. The summed E-state index contributed by atoms with van der Waals surface area (Å²) in [7, 11) is 0. The summed E-state index contributed by atoms with van der Waals surface area (Å²) >= 11 is 1.92. The average molecular weight is 254 g/mol. The van der Waals surface area contributed by atoms with E-state index in [2.05, 4.69) is 26.1 Å². The first-order chi connectivity index (χ1) is 8.15. The molecule has 0 aromatic rings. The van der Waals surface area contributed by atoms with Gasteiger partial charge in [0, 0.05) is 11.8 Å². The molecule has 2 rings (SSSR count). The smallest absolute Gasteiger partial charge is 0.157 e. The maximum atomic E-state index is 4.78. The van der Waals surface area contributed by atoms with Gasteiger partial charge in [-0.15, -0.1) is 0 Å². The Hall–Kier alpha value is -0.180. The lowest BCUT2D eigenvalue weighted by atomic mass is 10.0. The fourth-order valence-electron chi connectivity index (χ4n) is 2.58. The van der Waals surface area contributed by atoms with Gasteiger partial charge in [0.25, 0.3) is 0 Å². The summed E-state index contributed by atoms with van der Waals surface area (Å²) in [6.07, 6.45) is 6.81. The van der Waals surface area contributed by atoms with Crippen molar-refractivity contribution in [3.63, 3.8) is 0 Å². The molecule has 0 amide bonds. The molecule has 1 heterocycles. The van der Waals surface area contributed by atoms with Gasteiger partial charge in [-0.1, -0.05) is 38.5 Å². The number of amidine groups is 1. The van der Waals surface area contributed by atoms with Crippen LogP contribution in [0, 0.1) is 11.8 Å². The largest absolute Gasteiger partial charge is 0.362 e. The van der Waals surface area contributed by atoms with E-state index < -0.39 is 0 Å². The van der Waals surface area contributed by atoms with Crippen LogP contribution in [-0.4, -0.2) is 23.0 Å². The van der Waals surface area contributed by atoms with Gasteiger partial charge in [0.15, 0.2) is 5.17 Å². The van der Waals surface area contributed by atoms with E-state index >= 15 is 0 Å². The Labute approximate surface area is 110 Å². The molecule has 0 saturated heterocycles. The van der Waals surface area contributed by atoms with E-state index in [1.165, 1.54) is 43.0 Å². The van der Waals surface area contributed by atoms with Crippen LogP contribution in [0.25, 0.3) is 0 Å². The van der Waals surface area contributed by atoms with Crippen molar-refractivity contribution in [2.45, 2.75) is 65.0 Å². The van der Waals surface area contributed by atoms with Crippen molar-refractivity contribution in [3.8, 4) is 0 Å². The van der Waals surface area contributed by atoms with Crippen molar-refractivity contribution in [1.29, 1.82) is 0 Å². The van der Waals surface area contributed by atoms with Gasteiger partial charge >= 0.3 is 0 Å². The number of aliphatic imine (C=N–C) groups is 1. The molecule has 1 aliphatic heterocycles. The van der Waals surface area contributed by atoms with Crippen LogP contribution in [0.5, 0.6) is 0 Å². The van der Waals surface area contributed by atoms with Crippen molar-refractivity contribution in [1.82, 2.24) is 5.32 Å². The highest BCUT2D eigenvalue weighted by Crippen LogP contribution is 2.25. The molecule has 4 unspecified atom stereocenters. The number of rotatable bonds is 1. The van der Waals surface area contributed by atoms with Crippen LogP contribution in [-0.2, 0) is 0 Å². The Bertz CT molecular complexity index is 277. The third-order valence-electron chi connectivity index (χ3n) is 4.21. The van der Waals surface area contributed by atoms with E-state index in [-0.39, 0.29) is 0 Å². The van der Waals surface area contributed by atoms with E-state index in [9.17, 15) is 0 Å². The molecular formula is C14H26N2S. The minimum Gasteiger partial charge on any atom is -0.362 e. The maximum Gasteiger partial charge on any atom is 0.157 e. The van der Waals surface area contributed by atoms with Crippen molar-refractivity contribution >= 4 is 16.9 Å². The molecule has 3 heteroatoms. The molecule has 1 aliphatic carbocycles. The van der Waals surface area contributed by atoms with Gasteiger partial charge in [-0.3, -0.25) is 4.99 Å². The normalized spacial score (nSPS) is 39.4. The molecule has 2 nitrogen and oxygen atoms in total. The van der Waals surface area contributed by atoms with E-state index in [1.54, 1.807) is 0 Å². The molecule has 0 aromatic heterocycles. The summed E-state index contributed by atoms with van der Waals surface area (Å²) in [6.45, 7) is 6.92. The predicted octanol–water partition coefficient (Wildman–Crippen LogP) is 3.67. The summed E-state index contributed by atoms with van der Waals surface area (Å²) in [5.41, 5.74) is 0. The van der Waals surface area contributed by atoms with Gasteiger partial charge in [0.05, 0.1) is 6.04 Å². The Kier molecular flexibility index (Phi) is 4.78. The lowest BCUT2D eigenvalue weighted by Crippen LogP contribution is -2.36. The summed E-state index contributed by atoms with van der Waals surface area (Å²) in [5.74, 6) is 2.86. The zero-order chi connectivity index (χ0) is 12.3. The molecule has 0 radical (unpaired) electrons. The monoisotopic (exact) mass is 254 g/mol. The number of hydrogen-bond acceptors (Lipinski definition) is 3. The Balaban J connectivity index is 1.86. The van der Waals surface area contributed by atoms with Gasteiger partial charge in [-0.05, 0) is 38.0 Å². The zero-order valence-electron chi connectivity index (χ0n) is 11.4. The molecule has 0 aromatic carbocycles. The quantitative estimate of drug-likeness (QED) is 0.722. The molecule has 98 valence electrons. The topological polar surface area (TPSA) is 24.4 Å². The Morgan fingerprint density at radius 1 is 1.12 bits per heavy atom. The number of hydrogen-bond donors (Lipinski definition) is 1. The van der Waals surface area contributed by atoms with Gasteiger partial charge < -0.3 is 5.32 Å². The first-order valence-corrected chi connectivity index (χ1v) is 8.11. The van der Waals surface area contributed by atoms with E-state index in [0.29, 0.717) is 12.1 Å². The van der Waals surface area contributed by atoms with Crippen LogP contribution in [0.1, 0.15) is 52.9 Å². The van der Waals surface area contributed by atoms with Crippen molar-refractivity contribution in [2.24, 2.45) is 16.8 Å². The van der Waals surface area contributed by atoms with Gasteiger partial charge in [0.1, 0.15) is 0 Å². The van der Waals surface area contributed by atoms with E-state index in [0.717, 1.165) is 11.8 Å². The summed E-state index contributed by atoms with van der Waals surface area (Å²) in [4.78, 5) is 4.78. The summed E-state index contributed by atoms with van der Waals surface area (Å²) in [6, 6.07) is 1.16. The van der Waals surface area contributed by atoms with Crippen molar-refractivity contribution in [3.05, 3.63) is 0 Å². The fraction of sp³-hybridized carbons (Fsp3) is 0.929. The first-order valence-electron chi connectivity index (χ1n) is 7.12. The molecule has 4 atom stereocenters. The third-order valence-corrected chi connectivity index (χ3v) is 5.40. The average Bonchev–Trinajstić information content (AvgIpc) is 2.49. The van der Waals surface area contributed by atoms with Gasteiger partial charge in [-0.2, -0.15) is 0 Å². The van der Waals surface area contributed by atoms with Crippen LogP contribution in [0.15, 0.2) is 4.99 Å². The second kappa shape index (κ2) is 6.12. The van der Waals surface area contributed by atoms with Crippen LogP contribution < -0.4 is 5.32 Å². The molecule has 0 bridgehead atoms. The van der Waals surface area contributed by atoms with Crippen LogP contribution in [0.4, 0.5) is 0 Å². The predicted molar refractivity (Wildman–Crippen MR) is 77.7 cm³/mol. The second-order valence-electron chi connectivity index (χ2n) is 5.92. The van der Waals surface area contributed by atoms with Crippen molar-refractivity contribution in [2.75, 3.05) is 5.75 Å². The van der Waals surface area contributed by atoms with Crippen LogP contribution in [0.3, 0.4) is 0 Å². The molecule has 1 N–H and O–H groups in total. The molecule has 17 heavy (non-hydrogen) atoms. The highest BCUT2D eigenvalue weighted by molar-refractivity contribution is 8.13. The molecular weight excluding hydrogens is 228 g/mol. The van der Waals surface area contributed by atoms with Crippen LogP contribution >= 0.6 is 11.8 Å². The Morgan fingerprint density at radius 2 is 1.94 bits per heavy atom. The minimum absolute atomic E-state index is 0.489. The third kappa shape index (κ3) is 3.90. The highest BCUT2D eigenvalue weighted by atomic mass is 32.2.